The molecule has 8 aromatic carbocycles. The molecule has 0 atom stereocenters. The van der Waals surface area contributed by atoms with E-state index in [1.807, 2.05) is 0 Å². The molecule has 0 fully saturated rings. The molecular formula is C47H40Si2. The van der Waals surface area contributed by atoms with Crippen molar-refractivity contribution in [2.24, 2.45) is 0 Å². The Bertz CT molecular complexity index is 2120. The average molecular weight is 661 g/mol. The lowest BCUT2D eigenvalue weighted by Crippen LogP contribution is -2.78. The quantitative estimate of drug-likeness (QED) is 0.115. The van der Waals surface area contributed by atoms with Gasteiger partial charge in [-0.25, -0.2) is 0 Å². The number of hydrogen-bond acceptors (Lipinski definition) is 0. The van der Waals surface area contributed by atoms with Crippen molar-refractivity contribution in [3.63, 3.8) is 0 Å². The third-order valence-electron chi connectivity index (χ3n) is 10.8. The smallest absolute Gasteiger partial charge is 0.0624 e. The lowest BCUT2D eigenvalue weighted by molar-refractivity contribution is 1.52. The number of hydrogen-bond donors (Lipinski definition) is 0. The van der Waals surface area contributed by atoms with Gasteiger partial charge >= 0.3 is 0 Å². The molecule has 0 heterocycles. The maximum Gasteiger partial charge on any atom is 0.147 e. The highest BCUT2D eigenvalue weighted by Gasteiger charge is 2.52. The lowest BCUT2D eigenvalue weighted by atomic mass is 10.1. The van der Waals surface area contributed by atoms with Crippen molar-refractivity contribution in [2.45, 2.75) is 19.5 Å². The number of fused-ring (bicyclic) bond motifs is 2. The van der Waals surface area contributed by atoms with Gasteiger partial charge in [0.2, 0.25) is 0 Å². The molecule has 0 saturated heterocycles. The van der Waals surface area contributed by atoms with Crippen LogP contribution in [0.15, 0.2) is 194 Å². The molecule has 0 aliphatic heterocycles. The second kappa shape index (κ2) is 13.0. The third kappa shape index (κ3) is 5.20. The van der Waals surface area contributed by atoms with E-state index in [-0.39, 0.29) is 0 Å². The summed E-state index contributed by atoms with van der Waals surface area (Å²) in [6, 6.07) is 74.1. The zero-order chi connectivity index (χ0) is 33.3. The van der Waals surface area contributed by atoms with Crippen LogP contribution in [0.1, 0.15) is 11.1 Å². The van der Waals surface area contributed by atoms with Crippen molar-refractivity contribution in [1.29, 1.82) is 0 Å². The van der Waals surface area contributed by atoms with Crippen molar-refractivity contribution in [3.05, 3.63) is 205 Å². The Morgan fingerprint density at radius 2 is 0.551 bits per heavy atom. The Morgan fingerprint density at radius 3 is 0.857 bits per heavy atom. The van der Waals surface area contributed by atoms with Crippen LogP contribution < -0.4 is 31.1 Å². The highest BCUT2D eigenvalue weighted by Crippen LogP contribution is 2.29. The Morgan fingerprint density at radius 1 is 0.286 bits per heavy atom. The summed E-state index contributed by atoms with van der Waals surface area (Å²) in [5.74, 6) is 0. The minimum absolute atomic E-state index is 1.04. The number of aryl methyl sites for hydroxylation is 2. The second-order valence-corrected chi connectivity index (χ2v) is 21.8. The van der Waals surface area contributed by atoms with Gasteiger partial charge in [0, 0.05) is 0 Å². The minimum atomic E-state index is -2.83. The Labute approximate surface area is 292 Å². The molecule has 0 radical (unpaired) electrons. The first kappa shape index (κ1) is 31.0. The molecule has 0 aromatic heterocycles. The molecule has 8 aromatic rings. The molecule has 0 N–H and O–H groups in total. The van der Waals surface area contributed by atoms with E-state index < -0.39 is 16.1 Å². The van der Waals surface area contributed by atoms with Crippen molar-refractivity contribution < 1.29 is 0 Å². The van der Waals surface area contributed by atoms with E-state index in [2.05, 4.69) is 208 Å². The largest absolute Gasteiger partial charge is 0.147 e. The van der Waals surface area contributed by atoms with Crippen LogP contribution in [-0.2, 0) is 0 Å². The van der Waals surface area contributed by atoms with Gasteiger partial charge in [0.1, 0.15) is 16.1 Å². The maximum atomic E-state index is 2.49. The van der Waals surface area contributed by atoms with Crippen molar-refractivity contribution in [3.8, 4) is 0 Å². The Kier molecular flexibility index (Phi) is 8.21. The van der Waals surface area contributed by atoms with E-state index in [9.17, 15) is 0 Å². The fourth-order valence-corrected chi connectivity index (χ4v) is 23.5. The summed E-state index contributed by atoms with van der Waals surface area (Å²) >= 11 is 0. The maximum absolute atomic E-state index is 2.83. The van der Waals surface area contributed by atoms with E-state index >= 15 is 0 Å². The predicted molar refractivity (Wildman–Crippen MR) is 217 cm³/mol. The van der Waals surface area contributed by atoms with E-state index in [1.54, 1.807) is 0 Å². The fraction of sp³-hybridized carbons (Fsp3) is 0.0638. The first-order valence-corrected chi connectivity index (χ1v) is 21.7. The molecule has 8 rings (SSSR count). The zero-order valence-corrected chi connectivity index (χ0v) is 30.2. The van der Waals surface area contributed by atoms with Crippen LogP contribution in [0, 0.1) is 13.8 Å². The van der Waals surface area contributed by atoms with Gasteiger partial charge in [-0.15, -0.1) is 0 Å². The first-order valence-electron chi connectivity index (χ1n) is 17.3. The lowest BCUT2D eigenvalue weighted by Gasteiger charge is -2.44. The Hall–Kier alpha value is -5.29. The molecule has 0 bridgehead atoms. The highest BCUT2D eigenvalue weighted by atomic mass is 28.4. The summed E-state index contributed by atoms with van der Waals surface area (Å²) in [6.07, 6.45) is 0. The molecule has 236 valence electrons. The van der Waals surface area contributed by atoms with Crippen LogP contribution in [0.3, 0.4) is 0 Å². The molecule has 0 unspecified atom stereocenters. The van der Waals surface area contributed by atoms with Gasteiger partial charge in [-0.3, -0.25) is 0 Å². The van der Waals surface area contributed by atoms with Gasteiger partial charge in [0.05, 0.1) is 0 Å². The molecule has 0 spiro atoms. The van der Waals surface area contributed by atoms with Gasteiger partial charge in [0.15, 0.2) is 0 Å². The van der Waals surface area contributed by atoms with Crippen LogP contribution in [0.4, 0.5) is 0 Å². The summed E-state index contributed by atoms with van der Waals surface area (Å²) in [6.45, 7) is 4.51. The van der Waals surface area contributed by atoms with E-state index in [1.165, 1.54) is 63.8 Å². The molecule has 2 heteroatoms. The monoisotopic (exact) mass is 660 g/mol. The predicted octanol–water partition coefficient (Wildman–Crippen LogP) is 7.79. The average Bonchev–Trinajstić information content (AvgIpc) is 3.18. The summed E-state index contributed by atoms with van der Waals surface area (Å²) in [5.41, 5.74) is 3.69. The van der Waals surface area contributed by atoms with Crippen LogP contribution in [0.2, 0.25) is 5.67 Å². The fourth-order valence-electron chi connectivity index (χ4n) is 8.49. The van der Waals surface area contributed by atoms with Gasteiger partial charge < -0.3 is 0 Å². The van der Waals surface area contributed by atoms with Crippen LogP contribution in [-0.4, -0.2) is 16.1 Å². The second-order valence-electron chi connectivity index (χ2n) is 13.4. The van der Waals surface area contributed by atoms with E-state index in [0.717, 1.165) is 5.67 Å². The molecule has 0 amide bonds. The van der Waals surface area contributed by atoms with Crippen molar-refractivity contribution >= 4 is 68.8 Å². The summed E-state index contributed by atoms with van der Waals surface area (Å²) < 4.78 is 0. The van der Waals surface area contributed by atoms with Crippen molar-refractivity contribution in [2.75, 3.05) is 0 Å². The van der Waals surface area contributed by atoms with Crippen LogP contribution in [0.5, 0.6) is 0 Å². The topological polar surface area (TPSA) is 0 Å². The molecule has 49 heavy (non-hydrogen) atoms. The van der Waals surface area contributed by atoms with Gasteiger partial charge in [-0.1, -0.05) is 194 Å². The highest BCUT2D eigenvalue weighted by molar-refractivity contribution is 7.26. The summed E-state index contributed by atoms with van der Waals surface area (Å²) in [4.78, 5) is 0. The number of rotatable bonds is 8. The Balaban J connectivity index is 1.60. The molecular weight excluding hydrogens is 621 g/mol. The standard InChI is InChI=1S/C47H40Si2/c1-36-31-33-46(44-29-17-15-27-42(36)44)48(38-19-7-3-8-20-38,39-21-9-4-10-22-39)35-49(40-23-11-5-12-24-40,41-25-13-6-14-26-41)47-34-32-37(2)43-28-16-18-30-45(43)47/h3-34H,35H2,1-2H3. The third-order valence-corrected chi connectivity index (χ3v) is 23.0. The van der Waals surface area contributed by atoms with Gasteiger partial charge in [0.25, 0.3) is 0 Å². The molecule has 0 saturated carbocycles. The summed E-state index contributed by atoms with van der Waals surface area (Å²) in [5, 5.41) is 14.2. The van der Waals surface area contributed by atoms with Crippen LogP contribution >= 0.6 is 0 Å². The number of benzene rings is 8. The first-order chi connectivity index (χ1) is 24.1. The van der Waals surface area contributed by atoms with E-state index in [0.29, 0.717) is 0 Å². The van der Waals surface area contributed by atoms with E-state index in [4.69, 9.17) is 0 Å². The van der Waals surface area contributed by atoms with Gasteiger partial charge in [-0.05, 0) is 83.3 Å². The van der Waals surface area contributed by atoms with Crippen molar-refractivity contribution in [1.82, 2.24) is 0 Å². The summed E-state index contributed by atoms with van der Waals surface area (Å²) in [7, 11) is -5.67. The SMILES string of the molecule is Cc1ccc([Si](C[Si](c2ccccc2)(c2ccccc2)c2ccc(C)c3ccccc23)(c2ccccc2)c2ccccc2)c2ccccc12. The minimum Gasteiger partial charge on any atom is -0.0624 e. The van der Waals surface area contributed by atoms with Crippen LogP contribution in [0.25, 0.3) is 21.5 Å². The molecule has 0 aliphatic carbocycles. The molecule has 0 aliphatic rings. The normalized spacial score (nSPS) is 12.0. The molecule has 0 nitrogen and oxygen atoms in total. The zero-order valence-electron chi connectivity index (χ0n) is 28.2. The van der Waals surface area contributed by atoms with Gasteiger partial charge in [-0.2, -0.15) is 0 Å².